The van der Waals surface area contributed by atoms with Crippen LogP contribution in [0.25, 0.3) is 11.4 Å². The van der Waals surface area contributed by atoms with Gasteiger partial charge in [0.05, 0.1) is 6.54 Å². The quantitative estimate of drug-likeness (QED) is 0.574. The molecule has 156 valence electrons. The molecule has 1 aromatic heterocycles. The Bertz CT molecular complexity index is 824. The second-order valence-electron chi connectivity index (χ2n) is 7.84. The molecule has 7 nitrogen and oxygen atoms in total. The van der Waals surface area contributed by atoms with Crippen LogP contribution in [0.2, 0.25) is 5.02 Å². The van der Waals surface area contributed by atoms with E-state index in [0.717, 1.165) is 30.4 Å². The summed E-state index contributed by atoms with van der Waals surface area (Å²) in [6, 6.07) is 8.69. The van der Waals surface area contributed by atoms with Gasteiger partial charge in [-0.25, -0.2) is 0 Å². The summed E-state index contributed by atoms with van der Waals surface area (Å²) < 4.78 is 5.36. The zero-order chi connectivity index (χ0) is 20.1. The van der Waals surface area contributed by atoms with Crippen molar-refractivity contribution >= 4 is 17.6 Å². The summed E-state index contributed by atoms with van der Waals surface area (Å²) in [6.07, 6.45) is 7.85. The van der Waals surface area contributed by atoms with Crippen molar-refractivity contribution in [3.05, 3.63) is 35.2 Å². The van der Waals surface area contributed by atoms with E-state index in [9.17, 15) is 0 Å². The van der Waals surface area contributed by atoms with Crippen LogP contribution in [0.1, 0.15) is 44.4 Å². The van der Waals surface area contributed by atoms with Crippen molar-refractivity contribution < 1.29 is 4.52 Å². The Labute approximate surface area is 176 Å². The molecule has 0 bridgehead atoms. The van der Waals surface area contributed by atoms with Crippen molar-refractivity contribution in [1.29, 1.82) is 0 Å². The maximum Gasteiger partial charge on any atom is 0.246 e. The Hall–Kier alpha value is -2.12. The van der Waals surface area contributed by atoms with Gasteiger partial charge in [0.1, 0.15) is 0 Å². The maximum absolute atomic E-state index is 6.04. The molecule has 0 spiro atoms. The molecule has 2 heterocycles. The number of nitrogens with zero attached hydrogens (tertiary/aromatic N) is 4. The van der Waals surface area contributed by atoms with Crippen LogP contribution in [-0.4, -0.2) is 53.2 Å². The normalized spacial score (nSPS) is 19.6. The first kappa shape index (κ1) is 20.2. The fourth-order valence-electron chi connectivity index (χ4n) is 4.30. The van der Waals surface area contributed by atoms with Gasteiger partial charge in [-0.3, -0.25) is 4.99 Å². The van der Waals surface area contributed by atoms with Gasteiger partial charge in [0.25, 0.3) is 0 Å². The lowest BCUT2D eigenvalue weighted by atomic mass is 10.0. The minimum Gasteiger partial charge on any atom is -0.354 e. The molecular weight excluding hydrogens is 388 g/mol. The molecule has 4 rings (SSSR count). The van der Waals surface area contributed by atoms with E-state index in [1.54, 1.807) is 7.05 Å². The molecule has 0 atom stereocenters. The smallest absolute Gasteiger partial charge is 0.246 e. The number of nitrogens with one attached hydrogen (secondary N) is 2. The number of likely N-dealkylation sites (tertiary alicyclic amines) is 1. The van der Waals surface area contributed by atoms with Gasteiger partial charge in [0.15, 0.2) is 5.96 Å². The Morgan fingerprint density at radius 3 is 2.76 bits per heavy atom. The molecule has 8 heteroatoms. The first-order chi connectivity index (χ1) is 14.2. The minimum absolute atomic E-state index is 0.425. The average Bonchev–Trinajstić information content (AvgIpc) is 3.44. The highest BCUT2D eigenvalue weighted by Gasteiger charge is 2.27. The second-order valence-corrected chi connectivity index (χ2v) is 8.28. The number of benzene rings is 1. The number of hydrogen-bond acceptors (Lipinski definition) is 5. The first-order valence-electron chi connectivity index (χ1n) is 10.5. The van der Waals surface area contributed by atoms with Gasteiger partial charge >= 0.3 is 0 Å². The van der Waals surface area contributed by atoms with E-state index in [-0.39, 0.29) is 0 Å². The number of piperidine rings is 1. The fourth-order valence-corrected chi connectivity index (χ4v) is 4.49. The van der Waals surface area contributed by atoms with Crippen molar-refractivity contribution in [2.75, 3.05) is 20.1 Å². The predicted octanol–water partition coefficient (Wildman–Crippen LogP) is 3.46. The van der Waals surface area contributed by atoms with E-state index in [0.29, 0.717) is 29.3 Å². The summed E-state index contributed by atoms with van der Waals surface area (Å²) in [7, 11) is 1.79. The molecule has 1 aliphatic carbocycles. The Balaban J connectivity index is 1.25. The van der Waals surface area contributed by atoms with Crippen LogP contribution in [0.3, 0.4) is 0 Å². The highest BCUT2D eigenvalue weighted by atomic mass is 35.5. The lowest BCUT2D eigenvalue weighted by Crippen LogP contribution is -2.50. The maximum atomic E-state index is 6.04. The van der Waals surface area contributed by atoms with E-state index < -0.39 is 0 Å². The Morgan fingerprint density at radius 1 is 1.24 bits per heavy atom. The monoisotopic (exact) mass is 416 g/mol. The van der Waals surface area contributed by atoms with Gasteiger partial charge in [-0.05, 0) is 37.8 Å². The van der Waals surface area contributed by atoms with Crippen LogP contribution in [0, 0.1) is 0 Å². The number of aromatic nitrogens is 2. The highest BCUT2D eigenvalue weighted by Crippen LogP contribution is 2.26. The van der Waals surface area contributed by atoms with Crippen LogP contribution in [0.5, 0.6) is 0 Å². The van der Waals surface area contributed by atoms with Crippen molar-refractivity contribution in [2.45, 2.75) is 57.2 Å². The topological polar surface area (TPSA) is 78.6 Å². The summed E-state index contributed by atoms with van der Waals surface area (Å²) in [5, 5.41) is 11.5. The molecule has 1 saturated heterocycles. The van der Waals surface area contributed by atoms with Gasteiger partial charge in [0, 0.05) is 42.8 Å². The zero-order valence-corrected chi connectivity index (χ0v) is 17.7. The molecule has 0 radical (unpaired) electrons. The van der Waals surface area contributed by atoms with Gasteiger partial charge in [-0.2, -0.15) is 4.98 Å². The molecule has 2 fully saturated rings. The molecule has 1 aromatic carbocycles. The standard InChI is InChI=1S/C21H29ClN6O/c1-23-21(25-17-9-11-28(12-10-17)18-7-2-3-8-18)24-14-19-26-20(27-29-19)15-5-4-6-16(22)13-15/h4-6,13,17-18H,2-3,7-12,14H2,1H3,(H2,23,24,25). The molecule has 1 aliphatic heterocycles. The highest BCUT2D eigenvalue weighted by molar-refractivity contribution is 6.30. The van der Waals surface area contributed by atoms with E-state index >= 15 is 0 Å². The Kier molecular flexibility index (Phi) is 6.67. The number of aliphatic imine (C=N–C) groups is 1. The van der Waals surface area contributed by atoms with E-state index in [1.807, 2.05) is 24.3 Å². The average molecular weight is 417 g/mol. The first-order valence-corrected chi connectivity index (χ1v) is 10.9. The van der Waals surface area contributed by atoms with Crippen LogP contribution < -0.4 is 10.6 Å². The fraction of sp³-hybridized carbons (Fsp3) is 0.571. The molecule has 2 aliphatic rings. The number of rotatable bonds is 5. The predicted molar refractivity (Wildman–Crippen MR) is 115 cm³/mol. The van der Waals surface area contributed by atoms with E-state index in [2.05, 4.69) is 30.7 Å². The lowest BCUT2D eigenvalue weighted by Gasteiger charge is -2.36. The molecule has 2 aromatic rings. The zero-order valence-electron chi connectivity index (χ0n) is 16.9. The van der Waals surface area contributed by atoms with Crippen LogP contribution in [0.15, 0.2) is 33.8 Å². The third-order valence-corrected chi connectivity index (χ3v) is 6.13. The van der Waals surface area contributed by atoms with Crippen LogP contribution >= 0.6 is 11.6 Å². The van der Waals surface area contributed by atoms with Gasteiger partial charge in [-0.1, -0.05) is 41.7 Å². The summed E-state index contributed by atoms with van der Waals surface area (Å²) >= 11 is 6.04. The Morgan fingerprint density at radius 2 is 2.03 bits per heavy atom. The summed E-state index contributed by atoms with van der Waals surface area (Å²) in [5.41, 5.74) is 0.837. The lowest BCUT2D eigenvalue weighted by molar-refractivity contribution is 0.150. The third-order valence-electron chi connectivity index (χ3n) is 5.89. The van der Waals surface area contributed by atoms with Crippen molar-refractivity contribution in [3.8, 4) is 11.4 Å². The minimum atomic E-state index is 0.425. The summed E-state index contributed by atoms with van der Waals surface area (Å²) in [5.74, 6) is 1.82. The summed E-state index contributed by atoms with van der Waals surface area (Å²) in [4.78, 5) is 11.5. The largest absolute Gasteiger partial charge is 0.354 e. The number of halogens is 1. The molecule has 29 heavy (non-hydrogen) atoms. The van der Waals surface area contributed by atoms with Crippen LogP contribution in [0.4, 0.5) is 0 Å². The second kappa shape index (κ2) is 9.59. The van der Waals surface area contributed by atoms with Crippen molar-refractivity contribution in [2.24, 2.45) is 4.99 Å². The molecule has 0 amide bonds. The molecule has 0 unspecified atom stereocenters. The van der Waals surface area contributed by atoms with Gasteiger partial charge < -0.3 is 20.1 Å². The van der Waals surface area contributed by atoms with E-state index in [4.69, 9.17) is 16.1 Å². The van der Waals surface area contributed by atoms with Gasteiger partial charge in [0.2, 0.25) is 11.7 Å². The number of guanidine groups is 1. The molecular formula is C21H29ClN6O. The van der Waals surface area contributed by atoms with Crippen molar-refractivity contribution in [3.63, 3.8) is 0 Å². The third kappa shape index (κ3) is 5.28. The van der Waals surface area contributed by atoms with Gasteiger partial charge in [-0.15, -0.1) is 0 Å². The van der Waals surface area contributed by atoms with Crippen LogP contribution in [-0.2, 0) is 6.54 Å². The molecule has 1 saturated carbocycles. The SMILES string of the molecule is CN=C(NCc1nc(-c2cccc(Cl)c2)no1)NC1CCN(C2CCCC2)CC1. The number of hydrogen-bond donors (Lipinski definition) is 2. The van der Waals surface area contributed by atoms with Crippen molar-refractivity contribution in [1.82, 2.24) is 25.7 Å². The van der Waals surface area contributed by atoms with E-state index in [1.165, 1.54) is 38.8 Å². The molecule has 2 N–H and O–H groups in total. The summed E-state index contributed by atoms with van der Waals surface area (Å²) in [6.45, 7) is 2.77.